The lowest BCUT2D eigenvalue weighted by molar-refractivity contribution is -0.142. The molecule has 1 N–H and O–H groups in total. The van der Waals surface area contributed by atoms with Gasteiger partial charge in [-0.15, -0.1) is 0 Å². The topological polar surface area (TPSA) is 49.8 Å². The summed E-state index contributed by atoms with van der Waals surface area (Å²) in [5.41, 5.74) is 1.22. The zero-order chi connectivity index (χ0) is 13.0. The summed E-state index contributed by atoms with van der Waals surface area (Å²) in [6, 6.07) is 8.09. The number of hydrogen-bond donors (Lipinski definition) is 1. The molecular formula is C13H16BrNO3. The molecule has 0 radical (unpaired) electrons. The minimum absolute atomic E-state index is 0.0759. The molecule has 0 bridgehead atoms. The van der Waals surface area contributed by atoms with E-state index in [0.717, 1.165) is 17.6 Å². The zero-order valence-electron chi connectivity index (χ0n) is 10.0. The van der Waals surface area contributed by atoms with Gasteiger partial charge in [-0.1, -0.05) is 34.1 Å². The fourth-order valence-corrected chi connectivity index (χ4v) is 2.52. The Morgan fingerprint density at radius 1 is 1.50 bits per heavy atom. The highest BCUT2D eigenvalue weighted by atomic mass is 79.9. The van der Waals surface area contributed by atoms with Gasteiger partial charge in [0.1, 0.15) is 0 Å². The predicted molar refractivity (Wildman–Crippen MR) is 71.4 cm³/mol. The number of carboxylic acid groups (broad SMARTS) is 1. The molecule has 0 aromatic heterocycles. The third-order valence-electron chi connectivity index (χ3n) is 2.98. The van der Waals surface area contributed by atoms with Crippen molar-refractivity contribution in [2.24, 2.45) is 0 Å². The van der Waals surface area contributed by atoms with Crippen molar-refractivity contribution < 1.29 is 14.6 Å². The zero-order valence-corrected chi connectivity index (χ0v) is 11.6. The summed E-state index contributed by atoms with van der Waals surface area (Å²) in [5, 5.41) is 8.78. The van der Waals surface area contributed by atoms with Gasteiger partial charge in [-0.05, 0) is 11.6 Å². The average molecular weight is 314 g/mol. The van der Waals surface area contributed by atoms with Crippen LogP contribution >= 0.6 is 15.9 Å². The fraction of sp³-hybridized carbons (Fsp3) is 0.462. The van der Waals surface area contributed by atoms with Gasteiger partial charge in [0.15, 0.2) is 0 Å². The van der Waals surface area contributed by atoms with Crippen LogP contribution in [0.1, 0.15) is 12.0 Å². The molecule has 1 aliphatic heterocycles. The summed E-state index contributed by atoms with van der Waals surface area (Å²) >= 11 is 3.53. The smallest absolute Gasteiger partial charge is 0.306 e. The first-order valence-electron chi connectivity index (χ1n) is 5.94. The number of halogens is 1. The standard InChI is InChI=1S/C13H16BrNO3/c14-12-4-2-1-3-10(12)8-15-5-6-18-11(9-15)7-13(16)17/h1-4,11H,5-9H2,(H,16,17). The Labute approximate surface area is 115 Å². The van der Waals surface area contributed by atoms with E-state index in [9.17, 15) is 4.79 Å². The molecule has 98 valence electrons. The van der Waals surface area contributed by atoms with Crippen LogP contribution in [0.2, 0.25) is 0 Å². The molecule has 18 heavy (non-hydrogen) atoms. The highest BCUT2D eigenvalue weighted by Crippen LogP contribution is 2.19. The molecule has 1 atom stereocenters. The molecule has 1 heterocycles. The summed E-state index contributed by atoms with van der Waals surface area (Å²) in [6.07, 6.45) is -0.120. The van der Waals surface area contributed by atoms with Crippen molar-refractivity contribution in [1.29, 1.82) is 0 Å². The molecule has 5 heteroatoms. The Kier molecular flexibility index (Phi) is 4.74. The van der Waals surface area contributed by atoms with E-state index in [0.29, 0.717) is 13.2 Å². The van der Waals surface area contributed by atoms with Crippen LogP contribution in [0.4, 0.5) is 0 Å². The molecule has 1 aromatic rings. The molecule has 1 unspecified atom stereocenters. The van der Waals surface area contributed by atoms with Gasteiger partial charge in [-0.3, -0.25) is 9.69 Å². The first-order valence-corrected chi connectivity index (χ1v) is 6.73. The SMILES string of the molecule is O=C(O)CC1CN(Cc2ccccc2Br)CCO1. The van der Waals surface area contributed by atoms with Gasteiger partial charge in [0, 0.05) is 24.1 Å². The van der Waals surface area contributed by atoms with Gasteiger partial charge in [0.25, 0.3) is 0 Å². The summed E-state index contributed by atoms with van der Waals surface area (Å²) in [5.74, 6) is -0.803. The van der Waals surface area contributed by atoms with Gasteiger partial charge in [-0.25, -0.2) is 0 Å². The summed E-state index contributed by atoms with van der Waals surface area (Å²) in [6.45, 7) is 2.94. The third kappa shape index (κ3) is 3.80. The predicted octanol–water partition coefficient (Wildman–Crippen LogP) is 2.12. The number of benzene rings is 1. The number of carboxylic acids is 1. The second-order valence-electron chi connectivity index (χ2n) is 4.42. The highest BCUT2D eigenvalue weighted by molar-refractivity contribution is 9.10. The molecule has 1 aliphatic rings. The van der Waals surface area contributed by atoms with E-state index in [4.69, 9.17) is 9.84 Å². The molecule has 2 rings (SSSR count). The molecular weight excluding hydrogens is 298 g/mol. The quantitative estimate of drug-likeness (QED) is 0.925. The van der Waals surface area contributed by atoms with E-state index in [1.165, 1.54) is 5.56 Å². The number of carbonyl (C=O) groups is 1. The lowest BCUT2D eigenvalue weighted by Gasteiger charge is -2.32. The summed E-state index contributed by atoms with van der Waals surface area (Å²) in [4.78, 5) is 12.9. The fourth-order valence-electron chi connectivity index (χ4n) is 2.11. The second kappa shape index (κ2) is 6.31. The van der Waals surface area contributed by atoms with Crippen LogP contribution in [-0.4, -0.2) is 41.8 Å². The number of morpholine rings is 1. The number of aliphatic carboxylic acids is 1. The first kappa shape index (κ1) is 13.5. The molecule has 1 saturated heterocycles. The van der Waals surface area contributed by atoms with Crippen LogP contribution in [0.25, 0.3) is 0 Å². The average Bonchev–Trinajstić information content (AvgIpc) is 2.32. The minimum atomic E-state index is -0.803. The molecule has 0 spiro atoms. The van der Waals surface area contributed by atoms with Crippen molar-refractivity contribution in [3.8, 4) is 0 Å². The van der Waals surface area contributed by atoms with Crippen molar-refractivity contribution in [2.75, 3.05) is 19.7 Å². The Hall–Kier alpha value is -0.910. The van der Waals surface area contributed by atoms with Crippen molar-refractivity contribution in [2.45, 2.75) is 19.1 Å². The van der Waals surface area contributed by atoms with Crippen molar-refractivity contribution in [3.63, 3.8) is 0 Å². The Morgan fingerprint density at radius 3 is 3.00 bits per heavy atom. The third-order valence-corrected chi connectivity index (χ3v) is 3.75. The molecule has 4 nitrogen and oxygen atoms in total. The van der Waals surface area contributed by atoms with E-state index in [-0.39, 0.29) is 12.5 Å². The highest BCUT2D eigenvalue weighted by Gasteiger charge is 2.22. The van der Waals surface area contributed by atoms with E-state index in [2.05, 4.69) is 26.9 Å². The summed E-state index contributed by atoms with van der Waals surface area (Å²) < 4.78 is 6.54. The second-order valence-corrected chi connectivity index (χ2v) is 5.27. The van der Waals surface area contributed by atoms with Crippen LogP contribution < -0.4 is 0 Å². The monoisotopic (exact) mass is 313 g/mol. The van der Waals surface area contributed by atoms with E-state index in [1.807, 2.05) is 18.2 Å². The maximum Gasteiger partial charge on any atom is 0.306 e. The van der Waals surface area contributed by atoms with Gasteiger partial charge in [-0.2, -0.15) is 0 Å². The normalized spacial score (nSPS) is 20.8. The van der Waals surface area contributed by atoms with Crippen molar-refractivity contribution in [1.82, 2.24) is 4.90 Å². The molecule has 0 aliphatic carbocycles. The summed E-state index contributed by atoms with van der Waals surface area (Å²) in [7, 11) is 0. The molecule has 1 fully saturated rings. The van der Waals surface area contributed by atoms with Crippen molar-refractivity contribution >= 4 is 21.9 Å². The van der Waals surface area contributed by atoms with Gasteiger partial charge in [0.05, 0.1) is 19.1 Å². The van der Waals surface area contributed by atoms with Crippen LogP contribution in [-0.2, 0) is 16.1 Å². The Morgan fingerprint density at radius 2 is 2.28 bits per heavy atom. The van der Waals surface area contributed by atoms with Crippen LogP contribution in [0.5, 0.6) is 0 Å². The maximum absolute atomic E-state index is 10.7. The molecule has 0 amide bonds. The van der Waals surface area contributed by atoms with E-state index in [1.54, 1.807) is 0 Å². The van der Waals surface area contributed by atoms with Gasteiger partial charge in [0.2, 0.25) is 0 Å². The minimum Gasteiger partial charge on any atom is -0.481 e. The lowest BCUT2D eigenvalue weighted by atomic mass is 10.1. The molecule has 0 saturated carbocycles. The largest absolute Gasteiger partial charge is 0.481 e. The number of rotatable bonds is 4. The number of hydrogen-bond acceptors (Lipinski definition) is 3. The Bertz CT molecular complexity index is 424. The Balaban J connectivity index is 1.93. The van der Waals surface area contributed by atoms with Gasteiger partial charge >= 0.3 is 5.97 Å². The lowest BCUT2D eigenvalue weighted by Crippen LogP contribution is -2.42. The van der Waals surface area contributed by atoms with Gasteiger partial charge < -0.3 is 9.84 Å². The molecule has 1 aromatic carbocycles. The van der Waals surface area contributed by atoms with Crippen LogP contribution in [0.15, 0.2) is 28.7 Å². The maximum atomic E-state index is 10.7. The van der Waals surface area contributed by atoms with Crippen molar-refractivity contribution in [3.05, 3.63) is 34.3 Å². The van der Waals surface area contributed by atoms with E-state index < -0.39 is 5.97 Å². The van der Waals surface area contributed by atoms with E-state index >= 15 is 0 Å². The van der Waals surface area contributed by atoms with Crippen LogP contribution in [0.3, 0.4) is 0 Å². The number of nitrogens with zero attached hydrogens (tertiary/aromatic N) is 1. The van der Waals surface area contributed by atoms with Crippen LogP contribution in [0, 0.1) is 0 Å². The number of ether oxygens (including phenoxy) is 1. The first-order chi connectivity index (χ1) is 8.65.